The van der Waals surface area contributed by atoms with E-state index in [1.165, 1.54) is 12.3 Å². The molecule has 3 nitrogen and oxygen atoms in total. The molecule has 3 rings (SSSR count). The van der Waals surface area contributed by atoms with E-state index in [4.69, 9.17) is 0 Å². The van der Waals surface area contributed by atoms with E-state index in [-0.39, 0.29) is 17.6 Å². The Kier molecular flexibility index (Phi) is 4.26. The first kappa shape index (κ1) is 15.8. The predicted molar refractivity (Wildman–Crippen MR) is 83.4 cm³/mol. The number of para-hydroxylation sites is 1. The van der Waals surface area contributed by atoms with Crippen molar-refractivity contribution in [2.24, 2.45) is 0 Å². The van der Waals surface area contributed by atoms with Gasteiger partial charge in [-0.25, -0.2) is 13.2 Å². The summed E-state index contributed by atoms with van der Waals surface area (Å²) in [7, 11) is 1.84. The summed E-state index contributed by atoms with van der Waals surface area (Å²) in [5.74, 6) is -0.285. The normalized spacial score (nSPS) is 18.0. The van der Waals surface area contributed by atoms with Crippen LogP contribution in [0.3, 0.4) is 0 Å². The fourth-order valence-electron chi connectivity index (χ4n) is 3.06. The molecule has 0 fully saturated rings. The van der Waals surface area contributed by atoms with E-state index < -0.39 is 6.43 Å². The molecule has 0 saturated heterocycles. The van der Waals surface area contributed by atoms with Gasteiger partial charge in [-0.15, -0.1) is 0 Å². The number of hydrogen-bond donors (Lipinski definition) is 1. The number of alkyl halides is 2. The van der Waals surface area contributed by atoms with Gasteiger partial charge >= 0.3 is 0 Å². The topological polar surface area (TPSA) is 28.2 Å². The van der Waals surface area contributed by atoms with Crippen LogP contribution >= 0.6 is 0 Å². The van der Waals surface area contributed by atoms with Gasteiger partial charge in [0.25, 0.3) is 6.43 Å². The Hall–Kier alpha value is -2.08. The zero-order valence-corrected chi connectivity index (χ0v) is 13.0. The lowest BCUT2D eigenvalue weighted by Crippen LogP contribution is -2.27. The number of aryl methyl sites for hydroxylation is 1. The molecule has 1 aliphatic heterocycles. The van der Waals surface area contributed by atoms with Gasteiger partial charge in [0, 0.05) is 26.3 Å². The first-order chi connectivity index (χ1) is 11.0. The summed E-state index contributed by atoms with van der Waals surface area (Å²) in [6.45, 7) is 2.93. The maximum atomic E-state index is 14.3. The third-order valence-corrected chi connectivity index (χ3v) is 4.19. The van der Waals surface area contributed by atoms with E-state index in [0.29, 0.717) is 24.3 Å². The fraction of sp³-hybridized carbons (Fsp3) is 0.353. The molecule has 0 aliphatic carbocycles. The van der Waals surface area contributed by atoms with Crippen molar-refractivity contribution in [3.63, 3.8) is 0 Å². The number of aromatic nitrogens is 1. The number of likely N-dealkylation sites (N-methyl/N-ethyl adjacent to an activating group) is 1. The van der Waals surface area contributed by atoms with Crippen LogP contribution in [-0.4, -0.2) is 25.1 Å². The van der Waals surface area contributed by atoms with E-state index in [1.807, 2.05) is 18.0 Å². The van der Waals surface area contributed by atoms with Crippen LogP contribution in [0.5, 0.6) is 0 Å². The fourth-order valence-corrected chi connectivity index (χ4v) is 3.06. The lowest BCUT2D eigenvalue weighted by atomic mass is 9.96. The van der Waals surface area contributed by atoms with Gasteiger partial charge in [-0.1, -0.05) is 18.2 Å². The van der Waals surface area contributed by atoms with Crippen molar-refractivity contribution in [2.45, 2.75) is 19.4 Å². The molecule has 1 aromatic heterocycles. The number of pyridine rings is 1. The zero-order valence-electron chi connectivity index (χ0n) is 13.0. The van der Waals surface area contributed by atoms with Gasteiger partial charge in [0.15, 0.2) is 0 Å². The third kappa shape index (κ3) is 2.91. The lowest BCUT2D eigenvalue weighted by Gasteiger charge is -2.22. The number of nitrogens with zero attached hydrogens (tertiary/aromatic N) is 2. The molecule has 2 heterocycles. The third-order valence-electron chi connectivity index (χ3n) is 4.19. The van der Waals surface area contributed by atoms with Crippen LogP contribution in [0.1, 0.15) is 34.9 Å². The first-order valence-electron chi connectivity index (χ1n) is 7.46. The summed E-state index contributed by atoms with van der Waals surface area (Å²) in [5.41, 5.74) is 2.32. The number of rotatable bonds is 2. The Balaban J connectivity index is 2.08. The van der Waals surface area contributed by atoms with Crippen molar-refractivity contribution < 1.29 is 13.2 Å². The van der Waals surface area contributed by atoms with Gasteiger partial charge < -0.3 is 10.2 Å². The van der Waals surface area contributed by atoms with Crippen LogP contribution in [0.4, 0.5) is 18.9 Å². The molecule has 6 heteroatoms. The molecule has 0 radical (unpaired) electrons. The Bertz CT molecular complexity index is 718. The quantitative estimate of drug-likeness (QED) is 0.916. The first-order valence-corrected chi connectivity index (χ1v) is 7.46. The molecule has 1 N–H and O–H groups in total. The summed E-state index contributed by atoms with van der Waals surface area (Å²) >= 11 is 0. The molecule has 0 saturated carbocycles. The second-order valence-electron chi connectivity index (χ2n) is 5.76. The number of nitrogens with one attached hydrogen (secondary N) is 1. The van der Waals surface area contributed by atoms with Gasteiger partial charge in [0.2, 0.25) is 0 Å². The Morgan fingerprint density at radius 3 is 2.83 bits per heavy atom. The Morgan fingerprint density at radius 1 is 1.35 bits per heavy atom. The van der Waals surface area contributed by atoms with Crippen molar-refractivity contribution in [1.29, 1.82) is 0 Å². The molecule has 122 valence electrons. The van der Waals surface area contributed by atoms with E-state index in [9.17, 15) is 13.2 Å². The van der Waals surface area contributed by atoms with Gasteiger partial charge in [0.1, 0.15) is 11.5 Å². The monoisotopic (exact) mass is 321 g/mol. The summed E-state index contributed by atoms with van der Waals surface area (Å²) in [5, 5.41) is 3.35. The van der Waals surface area contributed by atoms with Crippen LogP contribution < -0.4 is 10.2 Å². The van der Waals surface area contributed by atoms with Crippen LogP contribution in [0.2, 0.25) is 0 Å². The molecular weight excluding hydrogens is 303 g/mol. The van der Waals surface area contributed by atoms with E-state index in [1.54, 1.807) is 19.1 Å². The number of fused-ring (bicyclic) bond motifs is 1. The average molecular weight is 321 g/mol. The minimum absolute atomic E-state index is 0.209. The highest BCUT2D eigenvalue weighted by molar-refractivity contribution is 5.58. The van der Waals surface area contributed by atoms with E-state index in [2.05, 4.69) is 10.3 Å². The molecule has 1 aliphatic rings. The highest BCUT2D eigenvalue weighted by Gasteiger charge is 2.25. The van der Waals surface area contributed by atoms with Crippen LogP contribution in [0.15, 0.2) is 30.5 Å². The average Bonchev–Trinajstić information content (AvgIpc) is 2.67. The van der Waals surface area contributed by atoms with Gasteiger partial charge in [-0.2, -0.15) is 0 Å². The van der Waals surface area contributed by atoms with Gasteiger partial charge in [-0.3, -0.25) is 4.98 Å². The highest BCUT2D eigenvalue weighted by atomic mass is 19.3. The molecule has 23 heavy (non-hydrogen) atoms. The molecule has 0 bridgehead atoms. The molecular formula is C17H18F3N3. The van der Waals surface area contributed by atoms with Crippen LogP contribution in [0, 0.1) is 12.7 Å². The summed E-state index contributed by atoms with van der Waals surface area (Å²) in [6, 6.07) is 6.38. The SMILES string of the molecule is Cc1cc(C2NCCN(C)c3c(F)cccc32)cnc1C(F)F. The van der Waals surface area contributed by atoms with Crippen molar-refractivity contribution in [2.75, 3.05) is 25.0 Å². The maximum absolute atomic E-state index is 14.3. The van der Waals surface area contributed by atoms with Gasteiger partial charge in [-0.05, 0) is 29.7 Å². The van der Waals surface area contributed by atoms with Crippen LogP contribution in [-0.2, 0) is 0 Å². The van der Waals surface area contributed by atoms with E-state index in [0.717, 1.165) is 11.1 Å². The highest BCUT2D eigenvalue weighted by Crippen LogP contribution is 2.34. The standard InChI is InChI=1S/C17H18F3N3/c1-10-8-11(9-22-14(10)17(19)20)15-12-4-3-5-13(18)16(12)23(2)7-6-21-15/h3-5,8-9,15,17,21H,6-7H2,1-2H3. The lowest BCUT2D eigenvalue weighted by molar-refractivity contribution is 0.145. The number of hydrogen-bond acceptors (Lipinski definition) is 3. The predicted octanol–water partition coefficient (Wildman–Crippen LogP) is 3.60. The van der Waals surface area contributed by atoms with Crippen molar-refractivity contribution >= 4 is 5.69 Å². The number of benzene rings is 1. The van der Waals surface area contributed by atoms with Crippen molar-refractivity contribution in [3.05, 3.63) is 58.7 Å². The second-order valence-corrected chi connectivity index (χ2v) is 5.76. The molecule has 0 amide bonds. The summed E-state index contributed by atoms with van der Waals surface area (Å²) in [4.78, 5) is 5.77. The smallest absolute Gasteiger partial charge is 0.280 e. The molecule has 0 spiro atoms. The van der Waals surface area contributed by atoms with Crippen molar-refractivity contribution in [3.8, 4) is 0 Å². The molecule has 2 aromatic rings. The minimum atomic E-state index is -2.60. The van der Waals surface area contributed by atoms with Crippen molar-refractivity contribution in [1.82, 2.24) is 10.3 Å². The molecule has 1 atom stereocenters. The van der Waals surface area contributed by atoms with E-state index >= 15 is 0 Å². The second kappa shape index (κ2) is 6.20. The van der Waals surface area contributed by atoms with Crippen LogP contribution in [0.25, 0.3) is 0 Å². The number of anilines is 1. The van der Waals surface area contributed by atoms with Gasteiger partial charge in [0.05, 0.1) is 11.7 Å². The zero-order chi connectivity index (χ0) is 16.6. The molecule has 1 unspecified atom stereocenters. The Morgan fingerprint density at radius 2 is 2.13 bits per heavy atom. The Labute approximate surface area is 133 Å². The summed E-state index contributed by atoms with van der Waals surface area (Å²) in [6.07, 6.45) is -1.14. The number of halogens is 3. The minimum Gasteiger partial charge on any atom is -0.371 e. The summed E-state index contributed by atoms with van der Waals surface area (Å²) < 4.78 is 40.0. The largest absolute Gasteiger partial charge is 0.371 e. The molecule has 1 aromatic carbocycles. The maximum Gasteiger partial charge on any atom is 0.280 e.